The second kappa shape index (κ2) is 7.25. The normalized spacial score (nSPS) is 12.8. The van der Waals surface area contributed by atoms with Crippen LogP contribution in [0.4, 0.5) is 17.6 Å². The van der Waals surface area contributed by atoms with Gasteiger partial charge in [-0.25, -0.2) is 9.07 Å². The lowest BCUT2D eigenvalue weighted by Crippen LogP contribution is -2.30. The topological polar surface area (TPSA) is 77.1 Å². The maximum atomic E-state index is 14.1. The molecule has 1 aromatic carbocycles. The molecule has 30 heavy (non-hydrogen) atoms. The van der Waals surface area contributed by atoms with E-state index in [-0.39, 0.29) is 0 Å². The summed E-state index contributed by atoms with van der Waals surface area (Å²) in [6.45, 7) is 1.57. The summed E-state index contributed by atoms with van der Waals surface area (Å²) in [5.74, 6) is -1.58. The van der Waals surface area contributed by atoms with Gasteiger partial charge in [-0.3, -0.25) is 9.20 Å². The van der Waals surface area contributed by atoms with Gasteiger partial charge < -0.3 is 5.32 Å². The van der Waals surface area contributed by atoms with Crippen molar-refractivity contribution in [3.63, 3.8) is 0 Å². The van der Waals surface area contributed by atoms with Gasteiger partial charge >= 0.3 is 6.18 Å². The van der Waals surface area contributed by atoms with Crippen LogP contribution in [0.1, 0.15) is 34.8 Å². The van der Waals surface area contributed by atoms with Gasteiger partial charge in [0.1, 0.15) is 11.5 Å². The quantitative estimate of drug-likeness (QED) is 0.514. The van der Waals surface area contributed by atoms with Gasteiger partial charge in [0.2, 0.25) is 0 Å². The summed E-state index contributed by atoms with van der Waals surface area (Å²) in [4.78, 5) is 12.7. The molecule has 3 heterocycles. The molecule has 4 aromatic rings. The van der Waals surface area contributed by atoms with E-state index in [1.54, 1.807) is 35.7 Å². The van der Waals surface area contributed by atoms with E-state index in [1.807, 2.05) is 0 Å². The zero-order valence-electron chi connectivity index (χ0n) is 15.4. The summed E-state index contributed by atoms with van der Waals surface area (Å²) < 4.78 is 57.3. The molecule has 4 rings (SSSR count). The van der Waals surface area contributed by atoms with Crippen LogP contribution in [0.15, 0.2) is 54.9 Å². The molecule has 0 saturated heterocycles. The minimum atomic E-state index is -4.95. The first-order chi connectivity index (χ1) is 14.3. The molecule has 7 nitrogen and oxygen atoms in total. The first-order valence-corrected chi connectivity index (χ1v) is 8.78. The number of hydrogen-bond donors (Lipinski definition) is 1. The van der Waals surface area contributed by atoms with Gasteiger partial charge in [-0.2, -0.15) is 18.3 Å². The van der Waals surface area contributed by atoms with Crippen LogP contribution in [0.5, 0.6) is 0 Å². The SMILES string of the molecule is CC(NC(=O)c1cnn(-c2ccccc2F)c1C(F)(F)F)c1nnc2ccccn12. The summed E-state index contributed by atoms with van der Waals surface area (Å²) in [7, 11) is 0. The number of carbonyl (C=O) groups excluding carboxylic acids is 1. The summed E-state index contributed by atoms with van der Waals surface area (Å²) in [5, 5.41) is 14.0. The Labute approximate surface area is 167 Å². The number of aromatic nitrogens is 5. The summed E-state index contributed by atoms with van der Waals surface area (Å²) in [5.41, 5.74) is -1.99. The standard InChI is InChI=1S/C19H14F4N6O/c1-11(17-27-26-15-8-4-5-9-28(15)17)25-18(30)12-10-24-29(16(12)19(21,22)23)14-7-3-2-6-13(14)20/h2-11H,1H3,(H,25,30). The monoisotopic (exact) mass is 418 g/mol. The Morgan fingerprint density at radius 1 is 1.10 bits per heavy atom. The number of alkyl halides is 3. The van der Waals surface area contributed by atoms with Crippen LogP contribution in [0.2, 0.25) is 0 Å². The van der Waals surface area contributed by atoms with Crippen LogP contribution in [-0.2, 0) is 6.18 Å². The molecule has 0 aliphatic heterocycles. The van der Waals surface area contributed by atoms with Crippen molar-refractivity contribution in [3.8, 4) is 5.69 Å². The summed E-state index contributed by atoms with van der Waals surface area (Å²) >= 11 is 0. The van der Waals surface area contributed by atoms with Crippen molar-refractivity contribution in [1.29, 1.82) is 0 Å². The van der Waals surface area contributed by atoms with Gasteiger partial charge in [0, 0.05) is 6.20 Å². The van der Waals surface area contributed by atoms with Crippen LogP contribution in [0.3, 0.4) is 0 Å². The predicted octanol–water partition coefficient (Wildman–Crippen LogP) is 3.56. The van der Waals surface area contributed by atoms with Gasteiger partial charge in [-0.15, -0.1) is 10.2 Å². The summed E-state index contributed by atoms with van der Waals surface area (Å²) in [6.07, 6.45) is -2.51. The molecule has 0 fully saturated rings. The molecule has 1 amide bonds. The highest BCUT2D eigenvalue weighted by molar-refractivity contribution is 5.95. The Bertz CT molecular complexity index is 1230. The van der Waals surface area contributed by atoms with Gasteiger partial charge in [-0.1, -0.05) is 18.2 Å². The molecule has 0 aliphatic carbocycles. The Hall–Kier alpha value is -3.76. The van der Waals surface area contributed by atoms with E-state index in [0.717, 1.165) is 18.3 Å². The lowest BCUT2D eigenvalue weighted by molar-refractivity contribution is -0.143. The van der Waals surface area contributed by atoms with E-state index >= 15 is 0 Å². The molecular weight excluding hydrogens is 404 g/mol. The fourth-order valence-electron chi connectivity index (χ4n) is 3.09. The highest BCUT2D eigenvalue weighted by atomic mass is 19.4. The highest BCUT2D eigenvalue weighted by Crippen LogP contribution is 2.34. The second-order valence-corrected chi connectivity index (χ2v) is 6.45. The number of rotatable bonds is 4. The van der Waals surface area contributed by atoms with Crippen molar-refractivity contribution in [2.75, 3.05) is 0 Å². The predicted molar refractivity (Wildman–Crippen MR) is 97.4 cm³/mol. The first-order valence-electron chi connectivity index (χ1n) is 8.78. The van der Waals surface area contributed by atoms with E-state index in [9.17, 15) is 22.4 Å². The largest absolute Gasteiger partial charge is 0.434 e. The van der Waals surface area contributed by atoms with Crippen LogP contribution in [-0.4, -0.2) is 30.3 Å². The number of carbonyl (C=O) groups is 1. The van der Waals surface area contributed by atoms with E-state index < -0.39 is 40.9 Å². The molecule has 0 spiro atoms. The lowest BCUT2D eigenvalue weighted by atomic mass is 10.2. The lowest BCUT2D eigenvalue weighted by Gasteiger charge is -2.15. The van der Waals surface area contributed by atoms with Crippen LogP contribution in [0, 0.1) is 5.82 Å². The maximum Gasteiger partial charge on any atom is 0.434 e. The van der Waals surface area contributed by atoms with Gasteiger partial charge in [0.05, 0.1) is 17.8 Å². The van der Waals surface area contributed by atoms with Crippen LogP contribution in [0.25, 0.3) is 11.3 Å². The van der Waals surface area contributed by atoms with Crippen molar-refractivity contribution >= 4 is 11.6 Å². The van der Waals surface area contributed by atoms with Gasteiger partial charge in [0.15, 0.2) is 17.2 Å². The average molecular weight is 418 g/mol. The van der Waals surface area contributed by atoms with Crippen LogP contribution >= 0.6 is 0 Å². The third kappa shape index (κ3) is 3.38. The van der Waals surface area contributed by atoms with Crippen molar-refractivity contribution in [1.82, 2.24) is 29.7 Å². The van der Waals surface area contributed by atoms with Crippen molar-refractivity contribution in [2.45, 2.75) is 19.1 Å². The first kappa shape index (κ1) is 19.6. The molecule has 0 aliphatic rings. The highest BCUT2D eigenvalue weighted by Gasteiger charge is 2.41. The fraction of sp³-hybridized carbons (Fsp3) is 0.158. The Morgan fingerprint density at radius 3 is 2.57 bits per heavy atom. The van der Waals surface area contributed by atoms with Gasteiger partial charge in [-0.05, 0) is 31.2 Å². The number of halogens is 4. The molecule has 0 saturated carbocycles. The number of benzene rings is 1. The average Bonchev–Trinajstić information content (AvgIpc) is 3.33. The molecule has 0 radical (unpaired) electrons. The Balaban J connectivity index is 1.70. The third-order valence-corrected chi connectivity index (χ3v) is 4.44. The Morgan fingerprint density at radius 2 is 1.83 bits per heavy atom. The number of amides is 1. The number of para-hydroxylation sites is 1. The summed E-state index contributed by atoms with van der Waals surface area (Å²) in [6, 6.07) is 9.29. The number of fused-ring (bicyclic) bond motifs is 1. The molecular formula is C19H14F4N6O. The van der Waals surface area contributed by atoms with Crippen molar-refractivity contribution in [2.24, 2.45) is 0 Å². The maximum absolute atomic E-state index is 14.1. The van der Waals surface area contributed by atoms with Crippen molar-refractivity contribution < 1.29 is 22.4 Å². The molecule has 154 valence electrons. The van der Waals surface area contributed by atoms with E-state index in [0.29, 0.717) is 16.2 Å². The molecule has 11 heteroatoms. The molecule has 1 N–H and O–H groups in total. The minimum Gasteiger partial charge on any atom is -0.342 e. The van der Waals surface area contributed by atoms with E-state index in [1.165, 1.54) is 12.1 Å². The minimum absolute atomic E-state index is 0.342. The zero-order valence-corrected chi connectivity index (χ0v) is 15.4. The van der Waals surface area contributed by atoms with E-state index in [4.69, 9.17) is 0 Å². The number of nitrogens with zero attached hydrogens (tertiary/aromatic N) is 5. The third-order valence-electron chi connectivity index (χ3n) is 4.44. The van der Waals surface area contributed by atoms with Gasteiger partial charge in [0.25, 0.3) is 5.91 Å². The molecule has 3 aromatic heterocycles. The van der Waals surface area contributed by atoms with Crippen molar-refractivity contribution in [3.05, 3.63) is 77.8 Å². The number of nitrogens with one attached hydrogen (secondary N) is 1. The second-order valence-electron chi connectivity index (χ2n) is 6.45. The molecule has 0 bridgehead atoms. The smallest absolute Gasteiger partial charge is 0.342 e. The number of pyridine rings is 1. The fourth-order valence-corrected chi connectivity index (χ4v) is 3.09. The van der Waals surface area contributed by atoms with Crippen LogP contribution < -0.4 is 5.32 Å². The van der Waals surface area contributed by atoms with E-state index in [2.05, 4.69) is 20.6 Å². The molecule has 1 atom stereocenters. The molecule has 1 unspecified atom stereocenters. The zero-order chi connectivity index (χ0) is 21.5. The Kier molecular flexibility index (Phi) is 4.72. The number of hydrogen-bond acceptors (Lipinski definition) is 4.